The molecule has 0 amide bonds. The standard InChI is InChI=1S/C13H19BrO2S/c1-10(7-9-17)6-8-16-13-11(14)4-3-5-12(13)15-2/h3-5,10,17H,6-9H2,1-2H3. The molecule has 2 nitrogen and oxygen atoms in total. The second-order valence-electron chi connectivity index (χ2n) is 4.03. The van der Waals surface area contributed by atoms with E-state index in [2.05, 4.69) is 35.5 Å². The molecular formula is C13H19BrO2S. The summed E-state index contributed by atoms with van der Waals surface area (Å²) in [5.74, 6) is 3.12. The van der Waals surface area contributed by atoms with Gasteiger partial charge in [-0.05, 0) is 52.6 Å². The zero-order chi connectivity index (χ0) is 12.7. The lowest BCUT2D eigenvalue weighted by Gasteiger charge is -2.14. The second kappa shape index (κ2) is 7.88. The molecule has 1 aromatic carbocycles. The van der Waals surface area contributed by atoms with Crippen molar-refractivity contribution in [2.24, 2.45) is 5.92 Å². The van der Waals surface area contributed by atoms with Crippen LogP contribution >= 0.6 is 28.6 Å². The van der Waals surface area contributed by atoms with Crippen molar-refractivity contribution in [1.29, 1.82) is 0 Å². The molecule has 0 aliphatic carbocycles. The summed E-state index contributed by atoms with van der Waals surface area (Å²) in [5.41, 5.74) is 0. The third kappa shape index (κ3) is 4.80. The summed E-state index contributed by atoms with van der Waals surface area (Å²) >= 11 is 7.70. The van der Waals surface area contributed by atoms with Crippen LogP contribution in [0.25, 0.3) is 0 Å². The van der Waals surface area contributed by atoms with E-state index in [9.17, 15) is 0 Å². The second-order valence-corrected chi connectivity index (χ2v) is 5.33. The van der Waals surface area contributed by atoms with Crippen LogP contribution in [0.4, 0.5) is 0 Å². The highest BCUT2D eigenvalue weighted by atomic mass is 79.9. The van der Waals surface area contributed by atoms with Crippen molar-refractivity contribution in [2.45, 2.75) is 19.8 Å². The van der Waals surface area contributed by atoms with Crippen LogP contribution < -0.4 is 9.47 Å². The van der Waals surface area contributed by atoms with Crippen LogP contribution in [0.1, 0.15) is 19.8 Å². The summed E-state index contributed by atoms with van der Waals surface area (Å²) in [6.07, 6.45) is 2.16. The lowest BCUT2D eigenvalue weighted by molar-refractivity contribution is 0.266. The van der Waals surface area contributed by atoms with Gasteiger partial charge in [-0.25, -0.2) is 0 Å². The lowest BCUT2D eigenvalue weighted by Crippen LogP contribution is -2.05. The summed E-state index contributed by atoms with van der Waals surface area (Å²) in [7, 11) is 1.65. The van der Waals surface area contributed by atoms with E-state index < -0.39 is 0 Å². The predicted molar refractivity (Wildman–Crippen MR) is 78.4 cm³/mol. The first kappa shape index (κ1) is 14.7. The van der Waals surface area contributed by atoms with Crippen molar-refractivity contribution in [3.8, 4) is 11.5 Å². The zero-order valence-corrected chi connectivity index (χ0v) is 12.8. The van der Waals surface area contributed by atoms with E-state index in [1.54, 1.807) is 7.11 Å². The fraction of sp³-hybridized carbons (Fsp3) is 0.538. The lowest BCUT2D eigenvalue weighted by atomic mass is 10.1. The molecule has 0 aliphatic heterocycles. The SMILES string of the molecule is COc1cccc(Br)c1OCCC(C)CCS. The van der Waals surface area contributed by atoms with Crippen molar-refractivity contribution in [1.82, 2.24) is 0 Å². The number of hydrogen-bond acceptors (Lipinski definition) is 3. The Hall–Kier alpha value is -0.350. The number of benzene rings is 1. The number of hydrogen-bond donors (Lipinski definition) is 1. The van der Waals surface area contributed by atoms with Crippen molar-refractivity contribution in [3.05, 3.63) is 22.7 Å². The van der Waals surface area contributed by atoms with Gasteiger partial charge in [0.05, 0.1) is 18.2 Å². The molecule has 4 heteroatoms. The highest BCUT2D eigenvalue weighted by molar-refractivity contribution is 9.10. The number of para-hydroxylation sites is 1. The Morgan fingerprint density at radius 3 is 2.76 bits per heavy atom. The Morgan fingerprint density at radius 2 is 2.12 bits per heavy atom. The highest BCUT2D eigenvalue weighted by Crippen LogP contribution is 2.35. The van der Waals surface area contributed by atoms with Crippen LogP contribution in [-0.4, -0.2) is 19.5 Å². The molecule has 0 fully saturated rings. The van der Waals surface area contributed by atoms with Crippen molar-refractivity contribution >= 4 is 28.6 Å². The molecule has 0 aromatic heterocycles. The minimum absolute atomic E-state index is 0.640. The number of methoxy groups -OCH3 is 1. The van der Waals surface area contributed by atoms with Gasteiger partial charge in [0.15, 0.2) is 11.5 Å². The molecule has 1 aromatic rings. The third-order valence-corrected chi connectivity index (χ3v) is 3.51. The molecule has 0 radical (unpaired) electrons. The quantitative estimate of drug-likeness (QED) is 0.760. The van der Waals surface area contributed by atoms with E-state index in [1.165, 1.54) is 0 Å². The van der Waals surface area contributed by atoms with Crippen molar-refractivity contribution in [2.75, 3.05) is 19.5 Å². The number of rotatable bonds is 7. The summed E-state index contributed by atoms with van der Waals surface area (Å²) in [5, 5.41) is 0. The molecule has 1 rings (SSSR count). The summed E-state index contributed by atoms with van der Waals surface area (Å²) < 4.78 is 12.0. The third-order valence-electron chi connectivity index (χ3n) is 2.63. The molecule has 0 saturated heterocycles. The Balaban J connectivity index is 2.51. The maximum absolute atomic E-state index is 5.78. The monoisotopic (exact) mass is 318 g/mol. The van der Waals surface area contributed by atoms with Gasteiger partial charge in [0.25, 0.3) is 0 Å². The molecule has 1 unspecified atom stereocenters. The van der Waals surface area contributed by atoms with Crippen molar-refractivity contribution in [3.63, 3.8) is 0 Å². The Morgan fingerprint density at radius 1 is 1.35 bits per heavy atom. The van der Waals surface area contributed by atoms with E-state index in [-0.39, 0.29) is 0 Å². The van der Waals surface area contributed by atoms with Crippen LogP contribution in [0.15, 0.2) is 22.7 Å². The minimum Gasteiger partial charge on any atom is -0.493 e. The van der Waals surface area contributed by atoms with E-state index in [0.29, 0.717) is 12.5 Å². The largest absolute Gasteiger partial charge is 0.493 e. The molecule has 0 saturated carbocycles. The number of halogens is 1. The fourth-order valence-corrected chi connectivity index (χ4v) is 2.42. The Kier molecular flexibility index (Phi) is 6.82. The Bertz CT molecular complexity index is 344. The fourth-order valence-electron chi connectivity index (χ4n) is 1.52. The van der Waals surface area contributed by atoms with Gasteiger partial charge < -0.3 is 9.47 Å². The van der Waals surface area contributed by atoms with Crippen LogP contribution in [0.2, 0.25) is 0 Å². The van der Waals surface area contributed by atoms with E-state index >= 15 is 0 Å². The molecule has 96 valence electrons. The van der Waals surface area contributed by atoms with Gasteiger partial charge in [0.1, 0.15) is 0 Å². The molecule has 17 heavy (non-hydrogen) atoms. The molecule has 0 spiro atoms. The highest BCUT2D eigenvalue weighted by Gasteiger charge is 2.09. The molecule has 1 atom stereocenters. The molecule has 0 aliphatic rings. The molecular weight excluding hydrogens is 300 g/mol. The van der Waals surface area contributed by atoms with Crippen LogP contribution in [0, 0.1) is 5.92 Å². The number of ether oxygens (including phenoxy) is 2. The smallest absolute Gasteiger partial charge is 0.175 e. The molecule has 0 bridgehead atoms. The van der Waals surface area contributed by atoms with Crippen molar-refractivity contribution < 1.29 is 9.47 Å². The van der Waals surface area contributed by atoms with Gasteiger partial charge >= 0.3 is 0 Å². The summed E-state index contributed by atoms with van der Waals surface area (Å²) in [4.78, 5) is 0. The molecule has 0 heterocycles. The molecule has 0 N–H and O–H groups in total. The minimum atomic E-state index is 0.640. The van der Waals surface area contributed by atoms with E-state index in [0.717, 1.165) is 34.6 Å². The van der Waals surface area contributed by atoms with Gasteiger partial charge in [-0.2, -0.15) is 12.6 Å². The zero-order valence-electron chi connectivity index (χ0n) is 10.3. The first-order valence-electron chi connectivity index (χ1n) is 5.75. The van der Waals surface area contributed by atoms with Gasteiger partial charge in [0.2, 0.25) is 0 Å². The van der Waals surface area contributed by atoms with Gasteiger partial charge in [-0.15, -0.1) is 0 Å². The number of thiol groups is 1. The van der Waals surface area contributed by atoms with Crippen LogP contribution in [-0.2, 0) is 0 Å². The van der Waals surface area contributed by atoms with Crippen LogP contribution in [0.3, 0.4) is 0 Å². The van der Waals surface area contributed by atoms with Gasteiger partial charge in [0, 0.05) is 0 Å². The first-order valence-corrected chi connectivity index (χ1v) is 7.17. The maximum Gasteiger partial charge on any atom is 0.175 e. The Labute approximate surface area is 117 Å². The average Bonchev–Trinajstić information content (AvgIpc) is 2.31. The van der Waals surface area contributed by atoms with E-state index in [4.69, 9.17) is 9.47 Å². The summed E-state index contributed by atoms with van der Waals surface area (Å²) in [6, 6.07) is 5.78. The van der Waals surface area contributed by atoms with E-state index in [1.807, 2.05) is 18.2 Å². The average molecular weight is 319 g/mol. The van der Waals surface area contributed by atoms with Crippen LogP contribution in [0.5, 0.6) is 11.5 Å². The van der Waals surface area contributed by atoms with Gasteiger partial charge in [-0.1, -0.05) is 13.0 Å². The normalized spacial score (nSPS) is 12.2. The van der Waals surface area contributed by atoms with Gasteiger partial charge in [-0.3, -0.25) is 0 Å². The predicted octanol–water partition coefficient (Wildman–Crippen LogP) is 4.18. The first-order chi connectivity index (χ1) is 8.19. The maximum atomic E-state index is 5.78. The topological polar surface area (TPSA) is 18.5 Å². The summed E-state index contributed by atoms with van der Waals surface area (Å²) in [6.45, 7) is 2.92.